The van der Waals surface area contributed by atoms with Gasteiger partial charge in [0.2, 0.25) is 0 Å². The zero-order valence-corrected chi connectivity index (χ0v) is 16.5. The Morgan fingerprint density at radius 1 is 1.23 bits per heavy atom. The van der Waals surface area contributed by atoms with E-state index in [1.807, 2.05) is 0 Å². The molecule has 6 nitrogen and oxygen atoms in total. The molecule has 2 unspecified atom stereocenters. The lowest BCUT2D eigenvalue weighted by molar-refractivity contribution is -0.191. The Morgan fingerprint density at radius 3 is 2.42 bits per heavy atom. The zero-order chi connectivity index (χ0) is 19.4. The van der Waals surface area contributed by atoms with E-state index in [0.717, 1.165) is 19.3 Å². The highest BCUT2D eigenvalue weighted by molar-refractivity contribution is 5.78. The second kappa shape index (κ2) is 8.40. The lowest BCUT2D eigenvalue weighted by atomic mass is 9.79. The molecule has 0 aromatic heterocycles. The standard InChI is InChI=1S/C20H32O6/c1-14(12-19(2,3)4)18(23)24-13-17(22)26-20(10-6-5-7-11-20)15-8-9-16(21)25-15/h14-15H,5-13H2,1-4H3. The van der Waals surface area contributed by atoms with Crippen LogP contribution in [0.15, 0.2) is 0 Å². The van der Waals surface area contributed by atoms with E-state index in [-0.39, 0.29) is 29.4 Å². The van der Waals surface area contributed by atoms with E-state index in [1.54, 1.807) is 6.92 Å². The van der Waals surface area contributed by atoms with Gasteiger partial charge < -0.3 is 14.2 Å². The summed E-state index contributed by atoms with van der Waals surface area (Å²) in [5.74, 6) is -1.46. The van der Waals surface area contributed by atoms with Crippen LogP contribution in [0.5, 0.6) is 0 Å². The van der Waals surface area contributed by atoms with Gasteiger partial charge in [0.1, 0.15) is 11.7 Å². The molecule has 1 saturated carbocycles. The minimum atomic E-state index is -0.759. The maximum atomic E-state index is 12.3. The second-order valence-corrected chi connectivity index (χ2v) is 8.89. The summed E-state index contributed by atoms with van der Waals surface area (Å²) in [5.41, 5.74) is -0.748. The third-order valence-corrected chi connectivity index (χ3v) is 5.14. The molecular weight excluding hydrogens is 336 g/mol. The van der Waals surface area contributed by atoms with Crippen LogP contribution < -0.4 is 0 Å². The summed E-state index contributed by atoms with van der Waals surface area (Å²) in [6, 6.07) is 0. The lowest BCUT2D eigenvalue weighted by Crippen LogP contribution is -2.48. The first-order chi connectivity index (χ1) is 12.1. The van der Waals surface area contributed by atoms with E-state index in [1.165, 1.54) is 0 Å². The molecule has 2 rings (SSSR count). The number of rotatable bonds is 6. The zero-order valence-electron chi connectivity index (χ0n) is 16.5. The molecule has 1 aliphatic carbocycles. The number of ether oxygens (including phenoxy) is 3. The van der Waals surface area contributed by atoms with E-state index in [9.17, 15) is 14.4 Å². The fourth-order valence-electron chi connectivity index (χ4n) is 4.07. The van der Waals surface area contributed by atoms with Crippen LogP contribution in [0.2, 0.25) is 0 Å². The van der Waals surface area contributed by atoms with Gasteiger partial charge in [0, 0.05) is 6.42 Å². The maximum Gasteiger partial charge on any atom is 0.344 e. The molecule has 1 saturated heterocycles. The van der Waals surface area contributed by atoms with Crippen LogP contribution >= 0.6 is 0 Å². The molecule has 0 aromatic carbocycles. The highest BCUT2D eigenvalue weighted by Gasteiger charge is 2.48. The van der Waals surface area contributed by atoms with Crippen LogP contribution in [0.4, 0.5) is 0 Å². The molecular formula is C20H32O6. The number of hydrogen-bond acceptors (Lipinski definition) is 6. The SMILES string of the molecule is CC(CC(C)(C)C)C(=O)OCC(=O)OC1(C2CCC(=O)O2)CCCCC1. The minimum Gasteiger partial charge on any atom is -0.458 e. The van der Waals surface area contributed by atoms with Crippen molar-refractivity contribution in [1.29, 1.82) is 0 Å². The molecule has 2 fully saturated rings. The van der Waals surface area contributed by atoms with Crippen LogP contribution in [-0.4, -0.2) is 36.2 Å². The number of carbonyl (C=O) groups excluding carboxylic acids is 3. The first kappa shape index (κ1) is 20.7. The number of hydrogen-bond donors (Lipinski definition) is 0. The molecule has 6 heteroatoms. The smallest absolute Gasteiger partial charge is 0.344 e. The predicted molar refractivity (Wildman–Crippen MR) is 95.2 cm³/mol. The molecule has 1 aliphatic heterocycles. The van der Waals surface area contributed by atoms with Gasteiger partial charge in [0.25, 0.3) is 0 Å². The Labute approximate surface area is 155 Å². The first-order valence-corrected chi connectivity index (χ1v) is 9.69. The molecule has 1 heterocycles. The molecule has 2 aliphatic rings. The minimum absolute atomic E-state index is 0.0114. The monoisotopic (exact) mass is 368 g/mol. The molecule has 0 radical (unpaired) electrons. The van der Waals surface area contributed by atoms with E-state index < -0.39 is 18.2 Å². The Kier molecular flexibility index (Phi) is 6.69. The fourth-order valence-corrected chi connectivity index (χ4v) is 4.07. The third kappa shape index (κ3) is 5.71. The van der Waals surface area contributed by atoms with Gasteiger partial charge >= 0.3 is 17.9 Å². The Balaban J connectivity index is 1.89. The quantitative estimate of drug-likeness (QED) is 0.527. The fraction of sp³-hybridized carbons (Fsp3) is 0.850. The summed E-state index contributed by atoms with van der Waals surface area (Å²) in [5, 5.41) is 0. The average molecular weight is 368 g/mol. The maximum absolute atomic E-state index is 12.3. The van der Waals surface area contributed by atoms with Crippen molar-refractivity contribution in [3.8, 4) is 0 Å². The summed E-state index contributed by atoms with van der Waals surface area (Å²) in [7, 11) is 0. The summed E-state index contributed by atoms with van der Waals surface area (Å²) in [6.45, 7) is 7.58. The van der Waals surface area contributed by atoms with Gasteiger partial charge in [0.05, 0.1) is 5.92 Å². The highest BCUT2D eigenvalue weighted by atomic mass is 16.6. The van der Waals surface area contributed by atoms with Crippen molar-refractivity contribution in [1.82, 2.24) is 0 Å². The summed E-state index contributed by atoms with van der Waals surface area (Å²) >= 11 is 0. The van der Waals surface area contributed by atoms with E-state index >= 15 is 0 Å². The lowest BCUT2D eigenvalue weighted by Gasteiger charge is -2.40. The van der Waals surface area contributed by atoms with Gasteiger partial charge in [-0.25, -0.2) is 4.79 Å². The summed E-state index contributed by atoms with van der Waals surface area (Å²) < 4.78 is 16.3. The second-order valence-electron chi connectivity index (χ2n) is 8.89. The largest absolute Gasteiger partial charge is 0.458 e. The van der Waals surface area contributed by atoms with E-state index in [4.69, 9.17) is 14.2 Å². The van der Waals surface area contributed by atoms with Crippen molar-refractivity contribution in [3.63, 3.8) is 0 Å². The molecule has 0 amide bonds. The van der Waals surface area contributed by atoms with Gasteiger partial charge in [-0.3, -0.25) is 9.59 Å². The number of esters is 3. The Bertz CT molecular complexity index is 527. The van der Waals surface area contributed by atoms with Crippen LogP contribution in [-0.2, 0) is 28.6 Å². The van der Waals surface area contributed by atoms with Gasteiger partial charge in [-0.15, -0.1) is 0 Å². The average Bonchev–Trinajstić information content (AvgIpc) is 2.99. The highest BCUT2D eigenvalue weighted by Crippen LogP contribution is 2.40. The molecule has 0 bridgehead atoms. The Morgan fingerprint density at radius 2 is 1.88 bits per heavy atom. The van der Waals surface area contributed by atoms with Gasteiger partial charge in [-0.2, -0.15) is 0 Å². The number of carbonyl (C=O) groups is 3. The molecule has 26 heavy (non-hydrogen) atoms. The molecule has 2 atom stereocenters. The predicted octanol–water partition coefficient (Wildman–Crippen LogP) is 3.55. The van der Waals surface area contributed by atoms with Crippen molar-refractivity contribution >= 4 is 17.9 Å². The van der Waals surface area contributed by atoms with Crippen molar-refractivity contribution < 1.29 is 28.6 Å². The normalized spacial score (nSPS) is 23.8. The van der Waals surface area contributed by atoms with Gasteiger partial charge in [0.15, 0.2) is 6.61 Å². The van der Waals surface area contributed by atoms with E-state index in [2.05, 4.69) is 20.8 Å². The first-order valence-electron chi connectivity index (χ1n) is 9.69. The Hall–Kier alpha value is -1.59. The van der Waals surface area contributed by atoms with E-state index in [0.29, 0.717) is 32.1 Å². The van der Waals surface area contributed by atoms with Crippen LogP contribution in [0.3, 0.4) is 0 Å². The van der Waals surface area contributed by atoms with Crippen molar-refractivity contribution in [2.45, 2.75) is 90.8 Å². The van der Waals surface area contributed by atoms with Crippen molar-refractivity contribution in [3.05, 3.63) is 0 Å². The number of cyclic esters (lactones) is 1. The van der Waals surface area contributed by atoms with Crippen molar-refractivity contribution in [2.24, 2.45) is 11.3 Å². The topological polar surface area (TPSA) is 78.9 Å². The summed E-state index contributed by atoms with van der Waals surface area (Å²) in [6.07, 6.45) is 5.57. The molecule has 0 N–H and O–H groups in total. The van der Waals surface area contributed by atoms with Crippen LogP contribution in [0, 0.1) is 11.3 Å². The van der Waals surface area contributed by atoms with Crippen LogP contribution in [0.1, 0.15) is 79.1 Å². The van der Waals surface area contributed by atoms with Crippen LogP contribution in [0.25, 0.3) is 0 Å². The van der Waals surface area contributed by atoms with Gasteiger partial charge in [-0.05, 0) is 43.9 Å². The molecule has 148 valence electrons. The summed E-state index contributed by atoms with van der Waals surface area (Å²) in [4.78, 5) is 35.9. The van der Waals surface area contributed by atoms with Crippen molar-refractivity contribution in [2.75, 3.05) is 6.61 Å². The molecule has 0 spiro atoms. The van der Waals surface area contributed by atoms with Gasteiger partial charge in [-0.1, -0.05) is 34.1 Å². The molecule has 0 aromatic rings. The third-order valence-electron chi connectivity index (χ3n) is 5.14.